The van der Waals surface area contributed by atoms with Gasteiger partial charge in [0.25, 0.3) is 0 Å². The smallest absolute Gasteiger partial charge is 0.0703 e. The second-order valence-electron chi connectivity index (χ2n) is 3.53. The third-order valence-corrected chi connectivity index (χ3v) is 2.44. The molecule has 0 rings (SSSR count). The summed E-state index contributed by atoms with van der Waals surface area (Å²) in [7, 11) is 0. The first-order chi connectivity index (χ1) is 9.41. The third kappa shape index (κ3) is 16.8. The van der Waals surface area contributed by atoms with Crippen molar-refractivity contribution in [2.24, 2.45) is 0 Å². The number of hydrogen-bond donors (Lipinski definition) is 0. The molecule has 0 radical (unpaired) electrons. The minimum Gasteiger partial charge on any atom is -0.127 e. The molecule has 0 fully saturated rings. The molecular weight excluding hydrogens is 275 g/mol. The molecule has 100 valence electrons. The van der Waals surface area contributed by atoms with E-state index in [1.807, 2.05) is 0 Å². The van der Waals surface area contributed by atoms with Crippen LogP contribution in [0.1, 0.15) is 44.9 Å². The lowest BCUT2D eigenvalue weighted by Gasteiger charge is -1.81. The Bertz CT molecular complexity index is 402. The molecule has 0 spiro atoms. The highest BCUT2D eigenvalue weighted by Gasteiger charge is 1.77. The van der Waals surface area contributed by atoms with Gasteiger partial charge in [0.2, 0.25) is 0 Å². The lowest BCUT2D eigenvalue weighted by Crippen LogP contribution is -1.71. The Morgan fingerprint density at radius 1 is 0.474 bits per heavy atom. The fourth-order valence-corrected chi connectivity index (χ4v) is 1.26. The third-order valence-electron chi connectivity index (χ3n) is 1.90. The van der Waals surface area contributed by atoms with Crippen molar-refractivity contribution in [2.75, 3.05) is 11.8 Å². The molecule has 0 aliphatic rings. The van der Waals surface area contributed by atoms with Gasteiger partial charge in [-0.05, 0) is 12.8 Å². The van der Waals surface area contributed by atoms with Crippen LogP contribution in [-0.2, 0) is 0 Å². The molecular formula is C17H18Cl2. The van der Waals surface area contributed by atoms with Gasteiger partial charge < -0.3 is 0 Å². The molecule has 0 bridgehead atoms. The van der Waals surface area contributed by atoms with E-state index in [4.69, 9.17) is 23.2 Å². The van der Waals surface area contributed by atoms with Crippen LogP contribution in [0.25, 0.3) is 0 Å². The van der Waals surface area contributed by atoms with Crippen molar-refractivity contribution in [3.63, 3.8) is 0 Å². The summed E-state index contributed by atoms with van der Waals surface area (Å²) in [5.41, 5.74) is 0. The molecule has 0 saturated heterocycles. The number of halogens is 2. The van der Waals surface area contributed by atoms with Crippen LogP contribution in [0.4, 0.5) is 0 Å². The molecule has 0 aliphatic carbocycles. The maximum Gasteiger partial charge on any atom is 0.0703 e. The number of unbranched alkanes of at least 4 members (excludes halogenated alkanes) is 2. The highest BCUT2D eigenvalue weighted by Crippen LogP contribution is 1.89. The SMILES string of the molecule is ClCCCC#CCC#CCC#CCC#CCCCCl. The van der Waals surface area contributed by atoms with E-state index in [-0.39, 0.29) is 0 Å². The zero-order valence-corrected chi connectivity index (χ0v) is 12.6. The summed E-state index contributed by atoms with van der Waals surface area (Å²) in [6.07, 6.45) is 5.41. The topological polar surface area (TPSA) is 0 Å². The summed E-state index contributed by atoms with van der Waals surface area (Å²) in [5, 5.41) is 0. The van der Waals surface area contributed by atoms with E-state index in [2.05, 4.69) is 47.4 Å². The maximum atomic E-state index is 5.53. The van der Waals surface area contributed by atoms with Crippen molar-refractivity contribution in [1.29, 1.82) is 0 Å². The van der Waals surface area contributed by atoms with Crippen molar-refractivity contribution in [1.82, 2.24) is 0 Å². The average Bonchev–Trinajstić information content (AvgIpc) is 2.43. The Balaban J connectivity index is 3.56. The van der Waals surface area contributed by atoms with Gasteiger partial charge in [-0.25, -0.2) is 0 Å². The largest absolute Gasteiger partial charge is 0.127 e. The lowest BCUT2D eigenvalue weighted by atomic mass is 10.3. The first kappa shape index (κ1) is 17.8. The zero-order chi connectivity index (χ0) is 14.0. The van der Waals surface area contributed by atoms with Crippen LogP contribution in [0, 0.1) is 47.4 Å². The first-order valence-electron chi connectivity index (χ1n) is 6.36. The molecule has 0 atom stereocenters. The summed E-state index contributed by atoms with van der Waals surface area (Å²) < 4.78 is 0. The zero-order valence-electron chi connectivity index (χ0n) is 11.1. The van der Waals surface area contributed by atoms with Crippen molar-refractivity contribution in [3.8, 4) is 47.4 Å². The molecule has 0 N–H and O–H groups in total. The Labute approximate surface area is 127 Å². The van der Waals surface area contributed by atoms with E-state index >= 15 is 0 Å². The van der Waals surface area contributed by atoms with Gasteiger partial charge in [-0.2, -0.15) is 0 Å². The molecule has 0 aromatic carbocycles. The second kappa shape index (κ2) is 16.8. The van der Waals surface area contributed by atoms with Gasteiger partial charge in [0.1, 0.15) is 0 Å². The van der Waals surface area contributed by atoms with Gasteiger partial charge in [-0.3, -0.25) is 0 Å². The first-order valence-corrected chi connectivity index (χ1v) is 7.43. The standard InChI is InChI=1S/C17H18Cl2/c18-16-14-12-10-8-6-4-2-1-3-5-7-9-11-13-15-17-19/h1,6-7,12-17H2. The van der Waals surface area contributed by atoms with Crippen LogP contribution >= 0.6 is 23.2 Å². The van der Waals surface area contributed by atoms with E-state index in [0.717, 1.165) is 25.7 Å². The van der Waals surface area contributed by atoms with E-state index < -0.39 is 0 Å². The van der Waals surface area contributed by atoms with Gasteiger partial charge in [0, 0.05) is 24.6 Å². The Morgan fingerprint density at radius 2 is 0.789 bits per heavy atom. The lowest BCUT2D eigenvalue weighted by molar-refractivity contribution is 0.990. The quantitative estimate of drug-likeness (QED) is 0.414. The second-order valence-corrected chi connectivity index (χ2v) is 4.29. The predicted molar refractivity (Wildman–Crippen MR) is 84.9 cm³/mol. The van der Waals surface area contributed by atoms with Gasteiger partial charge in [0.05, 0.1) is 19.3 Å². The van der Waals surface area contributed by atoms with Crippen LogP contribution in [0.3, 0.4) is 0 Å². The molecule has 0 aromatic rings. The van der Waals surface area contributed by atoms with Gasteiger partial charge in [-0.1, -0.05) is 35.5 Å². The van der Waals surface area contributed by atoms with Gasteiger partial charge in [0.15, 0.2) is 0 Å². The summed E-state index contributed by atoms with van der Waals surface area (Å²) in [4.78, 5) is 0. The minimum atomic E-state index is 0.590. The van der Waals surface area contributed by atoms with E-state index in [1.165, 1.54) is 0 Å². The summed E-state index contributed by atoms with van der Waals surface area (Å²) in [6, 6.07) is 0. The average molecular weight is 293 g/mol. The number of rotatable bonds is 4. The Kier molecular flexibility index (Phi) is 15.8. The Morgan fingerprint density at radius 3 is 1.11 bits per heavy atom. The normalized spacial score (nSPS) is 7.68. The minimum absolute atomic E-state index is 0.590. The highest BCUT2D eigenvalue weighted by atomic mass is 35.5. The predicted octanol–water partition coefficient (Wildman–Crippen LogP) is 4.21. The van der Waals surface area contributed by atoms with Crippen LogP contribution in [0.5, 0.6) is 0 Å². The molecule has 0 aliphatic heterocycles. The van der Waals surface area contributed by atoms with Crippen LogP contribution in [0.2, 0.25) is 0 Å². The van der Waals surface area contributed by atoms with Crippen molar-refractivity contribution in [3.05, 3.63) is 0 Å². The van der Waals surface area contributed by atoms with E-state index in [9.17, 15) is 0 Å². The van der Waals surface area contributed by atoms with Crippen LogP contribution in [-0.4, -0.2) is 11.8 Å². The highest BCUT2D eigenvalue weighted by molar-refractivity contribution is 6.18. The molecule has 0 saturated carbocycles. The number of alkyl halides is 2. The van der Waals surface area contributed by atoms with Crippen molar-refractivity contribution in [2.45, 2.75) is 44.9 Å². The van der Waals surface area contributed by atoms with Gasteiger partial charge >= 0.3 is 0 Å². The molecule has 0 aromatic heterocycles. The maximum absolute atomic E-state index is 5.53. The fourth-order valence-electron chi connectivity index (χ4n) is 0.995. The summed E-state index contributed by atoms with van der Waals surface area (Å²) >= 11 is 11.1. The number of hydrogen-bond acceptors (Lipinski definition) is 0. The van der Waals surface area contributed by atoms with Gasteiger partial charge in [-0.15, -0.1) is 35.0 Å². The monoisotopic (exact) mass is 292 g/mol. The molecule has 0 unspecified atom stereocenters. The fraction of sp³-hybridized carbons (Fsp3) is 0.529. The van der Waals surface area contributed by atoms with E-state index in [1.54, 1.807) is 0 Å². The van der Waals surface area contributed by atoms with Crippen molar-refractivity contribution < 1.29 is 0 Å². The van der Waals surface area contributed by atoms with Crippen LogP contribution < -0.4 is 0 Å². The molecule has 0 heterocycles. The van der Waals surface area contributed by atoms with Crippen LogP contribution in [0.15, 0.2) is 0 Å². The molecule has 19 heavy (non-hydrogen) atoms. The summed E-state index contributed by atoms with van der Waals surface area (Å²) in [5.74, 6) is 25.2. The molecule has 2 heteroatoms. The summed E-state index contributed by atoms with van der Waals surface area (Å²) in [6.45, 7) is 0. The Hall–Kier alpha value is -1.18. The molecule has 0 amide bonds. The van der Waals surface area contributed by atoms with E-state index in [0.29, 0.717) is 31.0 Å². The molecule has 0 nitrogen and oxygen atoms in total. The van der Waals surface area contributed by atoms with Crippen molar-refractivity contribution >= 4 is 23.2 Å².